The number of fused-ring (bicyclic) bond motifs is 1. The molecule has 2 aliphatic heterocycles. The van der Waals surface area contributed by atoms with Crippen LogP contribution in [-0.2, 0) is 4.74 Å². The Bertz CT molecular complexity index is 531. The van der Waals surface area contributed by atoms with Gasteiger partial charge in [0.25, 0.3) is 5.91 Å². The highest BCUT2D eigenvalue weighted by Gasteiger charge is 2.52. The lowest BCUT2D eigenvalue weighted by Gasteiger charge is -2.30. The van der Waals surface area contributed by atoms with Gasteiger partial charge in [0, 0.05) is 37.2 Å². The molecule has 114 valence electrons. The third kappa shape index (κ3) is 2.65. The number of aromatic nitrogens is 2. The zero-order chi connectivity index (χ0) is 15.0. The third-order valence-electron chi connectivity index (χ3n) is 4.44. The summed E-state index contributed by atoms with van der Waals surface area (Å²) < 4.78 is 5.67. The minimum Gasteiger partial charge on any atom is -0.380 e. The highest BCUT2D eigenvalue weighted by molar-refractivity contribution is 5.92. The molecule has 1 aromatic heterocycles. The first kappa shape index (κ1) is 14.4. The van der Waals surface area contributed by atoms with Gasteiger partial charge in [0.2, 0.25) is 0 Å². The SMILES string of the molecule is Cc1cnc(C(=O)N2C[C@@H]3COC[C@@]3(CN(C)C)C2)cn1. The summed E-state index contributed by atoms with van der Waals surface area (Å²) in [5.41, 5.74) is 1.32. The highest BCUT2D eigenvalue weighted by atomic mass is 16.5. The molecule has 2 fully saturated rings. The van der Waals surface area contributed by atoms with E-state index in [0.29, 0.717) is 11.6 Å². The number of nitrogens with zero attached hydrogens (tertiary/aromatic N) is 4. The Kier molecular flexibility index (Phi) is 3.67. The fourth-order valence-electron chi connectivity index (χ4n) is 3.51. The Morgan fingerprint density at radius 1 is 1.48 bits per heavy atom. The van der Waals surface area contributed by atoms with E-state index in [1.807, 2.05) is 11.8 Å². The number of hydrogen-bond donors (Lipinski definition) is 0. The molecule has 0 N–H and O–H groups in total. The first-order chi connectivity index (χ1) is 10.00. The van der Waals surface area contributed by atoms with E-state index in [1.165, 1.54) is 0 Å². The van der Waals surface area contributed by atoms with E-state index in [4.69, 9.17) is 4.74 Å². The van der Waals surface area contributed by atoms with Gasteiger partial charge in [-0.1, -0.05) is 0 Å². The average molecular weight is 290 g/mol. The van der Waals surface area contributed by atoms with Crippen molar-refractivity contribution in [1.82, 2.24) is 19.8 Å². The van der Waals surface area contributed by atoms with Crippen LogP contribution in [0.3, 0.4) is 0 Å². The summed E-state index contributed by atoms with van der Waals surface area (Å²) in [6, 6.07) is 0. The van der Waals surface area contributed by atoms with Gasteiger partial charge < -0.3 is 14.5 Å². The number of carbonyl (C=O) groups is 1. The average Bonchev–Trinajstić information content (AvgIpc) is 2.94. The Morgan fingerprint density at radius 2 is 2.29 bits per heavy atom. The van der Waals surface area contributed by atoms with Gasteiger partial charge in [-0.25, -0.2) is 4.98 Å². The number of hydrogen-bond acceptors (Lipinski definition) is 5. The maximum Gasteiger partial charge on any atom is 0.274 e. The summed E-state index contributed by atoms with van der Waals surface area (Å²) in [6.07, 6.45) is 3.21. The summed E-state index contributed by atoms with van der Waals surface area (Å²) in [6.45, 7) is 5.79. The zero-order valence-electron chi connectivity index (χ0n) is 12.9. The molecule has 2 atom stereocenters. The third-order valence-corrected chi connectivity index (χ3v) is 4.44. The molecule has 3 rings (SSSR count). The standard InChI is InChI=1S/C15H22N4O2/c1-11-4-17-13(5-16-11)14(20)19-6-12-7-21-10-15(12,9-19)8-18(2)3/h4-5,12H,6-10H2,1-3H3/t12-,15-/m1/s1. The number of aryl methyl sites for hydroxylation is 1. The van der Waals surface area contributed by atoms with Crippen molar-refractivity contribution < 1.29 is 9.53 Å². The topological polar surface area (TPSA) is 58.6 Å². The van der Waals surface area contributed by atoms with Crippen LogP contribution >= 0.6 is 0 Å². The van der Waals surface area contributed by atoms with Crippen molar-refractivity contribution in [2.75, 3.05) is 46.9 Å². The van der Waals surface area contributed by atoms with Gasteiger partial charge in [-0.05, 0) is 21.0 Å². The number of ether oxygens (including phenoxy) is 1. The fraction of sp³-hybridized carbons (Fsp3) is 0.667. The molecule has 21 heavy (non-hydrogen) atoms. The summed E-state index contributed by atoms with van der Waals surface area (Å²) in [4.78, 5) is 25.1. The van der Waals surface area contributed by atoms with Gasteiger partial charge in [-0.3, -0.25) is 9.78 Å². The van der Waals surface area contributed by atoms with Crippen molar-refractivity contribution in [3.63, 3.8) is 0 Å². The van der Waals surface area contributed by atoms with Crippen molar-refractivity contribution >= 4 is 5.91 Å². The van der Waals surface area contributed by atoms with Gasteiger partial charge in [-0.15, -0.1) is 0 Å². The van der Waals surface area contributed by atoms with Crippen molar-refractivity contribution in [3.8, 4) is 0 Å². The maximum absolute atomic E-state index is 12.6. The van der Waals surface area contributed by atoms with Crippen LogP contribution in [-0.4, -0.2) is 72.6 Å². The molecule has 0 radical (unpaired) electrons. The van der Waals surface area contributed by atoms with E-state index in [-0.39, 0.29) is 11.3 Å². The van der Waals surface area contributed by atoms with Crippen LogP contribution in [0.1, 0.15) is 16.2 Å². The second-order valence-electron chi connectivity index (χ2n) is 6.54. The minimum absolute atomic E-state index is 0.0185. The fourth-order valence-corrected chi connectivity index (χ4v) is 3.51. The lowest BCUT2D eigenvalue weighted by atomic mass is 9.81. The largest absolute Gasteiger partial charge is 0.380 e. The van der Waals surface area contributed by atoms with E-state index in [9.17, 15) is 4.79 Å². The minimum atomic E-state index is -0.0185. The molecule has 0 aromatic carbocycles. The van der Waals surface area contributed by atoms with Gasteiger partial charge >= 0.3 is 0 Å². The summed E-state index contributed by atoms with van der Waals surface area (Å²) in [5, 5.41) is 0. The second kappa shape index (κ2) is 5.35. The van der Waals surface area contributed by atoms with Gasteiger partial charge in [0.05, 0.1) is 25.1 Å². The predicted molar refractivity (Wildman–Crippen MR) is 78.0 cm³/mol. The van der Waals surface area contributed by atoms with Crippen LogP contribution in [0.25, 0.3) is 0 Å². The van der Waals surface area contributed by atoms with Crippen LogP contribution in [0.15, 0.2) is 12.4 Å². The van der Waals surface area contributed by atoms with E-state index >= 15 is 0 Å². The van der Waals surface area contributed by atoms with Crippen molar-refractivity contribution in [2.24, 2.45) is 11.3 Å². The second-order valence-corrected chi connectivity index (χ2v) is 6.54. The molecule has 0 aliphatic carbocycles. The van der Waals surface area contributed by atoms with Crippen LogP contribution in [0.2, 0.25) is 0 Å². The smallest absolute Gasteiger partial charge is 0.274 e. The molecule has 2 saturated heterocycles. The molecule has 0 unspecified atom stereocenters. The molecule has 6 nitrogen and oxygen atoms in total. The molecular formula is C15H22N4O2. The van der Waals surface area contributed by atoms with Gasteiger partial charge in [0.15, 0.2) is 0 Å². The van der Waals surface area contributed by atoms with Crippen LogP contribution in [0.4, 0.5) is 0 Å². The molecule has 3 heterocycles. The summed E-state index contributed by atoms with van der Waals surface area (Å²) in [5.74, 6) is 0.400. The first-order valence-electron chi connectivity index (χ1n) is 7.30. The van der Waals surface area contributed by atoms with E-state index in [1.54, 1.807) is 12.4 Å². The van der Waals surface area contributed by atoms with Crippen LogP contribution < -0.4 is 0 Å². The monoisotopic (exact) mass is 290 g/mol. The Balaban J connectivity index is 1.76. The Morgan fingerprint density at radius 3 is 2.95 bits per heavy atom. The zero-order valence-corrected chi connectivity index (χ0v) is 12.9. The molecule has 0 saturated carbocycles. The Labute approximate surface area is 125 Å². The Hall–Kier alpha value is -1.53. The van der Waals surface area contributed by atoms with Crippen molar-refractivity contribution in [2.45, 2.75) is 6.92 Å². The predicted octanol–water partition coefficient (Wildman–Crippen LogP) is 0.435. The summed E-state index contributed by atoms with van der Waals surface area (Å²) in [7, 11) is 4.14. The van der Waals surface area contributed by atoms with Crippen LogP contribution in [0, 0.1) is 18.3 Å². The molecule has 1 amide bonds. The normalized spacial score (nSPS) is 28.2. The highest BCUT2D eigenvalue weighted by Crippen LogP contribution is 2.41. The molecule has 0 bridgehead atoms. The quantitative estimate of drug-likeness (QED) is 0.808. The van der Waals surface area contributed by atoms with E-state index < -0.39 is 0 Å². The molecule has 0 spiro atoms. The van der Waals surface area contributed by atoms with Gasteiger partial charge in [0.1, 0.15) is 5.69 Å². The lowest BCUT2D eigenvalue weighted by molar-refractivity contribution is 0.0691. The van der Waals surface area contributed by atoms with Crippen molar-refractivity contribution in [3.05, 3.63) is 23.8 Å². The number of likely N-dealkylation sites (tertiary alicyclic amines) is 1. The molecule has 1 aromatic rings. The number of carbonyl (C=O) groups excluding carboxylic acids is 1. The molecule has 6 heteroatoms. The van der Waals surface area contributed by atoms with E-state index in [2.05, 4.69) is 29.0 Å². The number of amides is 1. The number of rotatable bonds is 3. The molecular weight excluding hydrogens is 268 g/mol. The maximum atomic E-state index is 12.6. The van der Waals surface area contributed by atoms with E-state index in [0.717, 1.165) is 38.5 Å². The van der Waals surface area contributed by atoms with Gasteiger partial charge in [-0.2, -0.15) is 0 Å². The van der Waals surface area contributed by atoms with Crippen LogP contribution in [0.5, 0.6) is 0 Å². The first-order valence-corrected chi connectivity index (χ1v) is 7.30. The molecule has 2 aliphatic rings. The summed E-state index contributed by atoms with van der Waals surface area (Å²) >= 11 is 0. The van der Waals surface area contributed by atoms with Crippen molar-refractivity contribution in [1.29, 1.82) is 0 Å². The lowest BCUT2D eigenvalue weighted by Crippen LogP contribution is -2.41.